The molecule has 0 unspecified atom stereocenters. The highest BCUT2D eigenvalue weighted by atomic mass is 32.2. The summed E-state index contributed by atoms with van der Waals surface area (Å²) in [5, 5.41) is 7.15. The van der Waals surface area contributed by atoms with Crippen LogP contribution in [-0.4, -0.2) is 11.4 Å². The van der Waals surface area contributed by atoms with Crippen molar-refractivity contribution in [2.24, 2.45) is 15.9 Å². The van der Waals surface area contributed by atoms with Gasteiger partial charge in [0.25, 0.3) is 0 Å². The van der Waals surface area contributed by atoms with Crippen LogP contribution < -0.4 is 5.73 Å². The third-order valence-corrected chi connectivity index (χ3v) is 3.86. The average molecular weight is 373 g/mol. The summed E-state index contributed by atoms with van der Waals surface area (Å²) < 4.78 is 64.5. The van der Waals surface area contributed by atoms with E-state index < -0.39 is 28.9 Å². The van der Waals surface area contributed by atoms with E-state index >= 15 is 0 Å². The van der Waals surface area contributed by atoms with Gasteiger partial charge in [-0.25, -0.2) is 8.78 Å². The standard InChI is InChI=1S/C16H12F5N3S/c17-13-11(6-7-12(14(13)18)16(19,20)21)8-23-24-15(22)25-9-10-4-2-1-3-5-10/h1-8H,9H2,(H2,22,24). The van der Waals surface area contributed by atoms with Crippen molar-refractivity contribution in [2.75, 3.05) is 0 Å². The van der Waals surface area contributed by atoms with Gasteiger partial charge < -0.3 is 5.73 Å². The molecule has 0 spiro atoms. The second-order valence-corrected chi connectivity index (χ2v) is 5.78. The molecule has 9 heteroatoms. The quantitative estimate of drug-likeness (QED) is 0.370. The molecule has 2 rings (SSSR count). The number of amidine groups is 1. The van der Waals surface area contributed by atoms with E-state index in [0.717, 1.165) is 17.8 Å². The summed E-state index contributed by atoms with van der Waals surface area (Å²) in [7, 11) is 0. The fourth-order valence-electron chi connectivity index (χ4n) is 1.79. The molecule has 3 nitrogen and oxygen atoms in total. The smallest absolute Gasteiger partial charge is 0.377 e. The number of nitrogens with two attached hydrogens (primary N) is 1. The normalized spacial score (nSPS) is 12.8. The minimum atomic E-state index is -4.97. The highest BCUT2D eigenvalue weighted by molar-refractivity contribution is 8.13. The van der Waals surface area contributed by atoms with Gasteiger partial charge in [-0.15, -0.1) is 5.10 Å². The van der Waals surface area contributed by atoms with Crippen LogP contribution in [-0.2, 0) is 11.9 Å². The van der Waals surface area contributed by atoms with E-state index in [4.69, 9.17) is 5.73 Å². The van der Waals surface area contributed by atoms with E-state index in [0.29, 0.717) is 11.8 Å². The fourth-order valence-corrected chi connectivity index (χ4v) is 2.40. The minimum absolute atomic E-state index is 0.0768. The zero-order chi connectivity index (χ0) is 18.4. The zero-order valence-corrected chi connectivity index (χ0v) is 13.4. The Morgan fingerprint density at radius 3 is 2.36 bits per heavy atom. The third kappa shape index (κ3) is 5.28. The first-order valence-electron chi connectivity index (χ1n) is 6.87. The van der Waals surface area contributed by atoms with Crippen LogP contribution in [0.25, 0.3) is 0 Å². The topological polar surface area (TPSA) is 50.7 Å². The lowest BCUT2D eigenvalue weighted by molar-refractivity contribution is -0.140. The molecule has 2 N–H and O–H groups in total. The van der Waals surface area contributed by atoms with Gasteiger partial charge in [-0.3, -0.25) is 0 Å². The van der Waals surface area contributed by atoms with Gasteiger partial charge in [-0.05, 0) is 17.7 Å². The lowest BCUT2D eigenvalue weighted by atomic mass is 10.1. The van der Waals surface area contributed by atoms with Crippen molar-refractivity contribution in [3.63, 3.8) is 0 Å². The van der Waals surface area contributed by atoms with E-state index in [-0.39, 0.29) is 5.17 Å². The maximum Gasteiger partial charge on any atom is 0.419 e. The van der Waals surface area contributed by atoms with Gasteiger partial charge in [-0.1, -0.05) is 42.1 Å². The van der Waals surface area contributed by atoms with E-state index in [1.165, 1.54) is 11.8 Å². The summed E-state index contributed by atoms with van der Waals surface area (Å²) in [6, 6.07) is 10.6. The summed E-state index contributed by atoms with van der Waals surface area (Å²) in [5.41, 5.74) is 4.48. The van der Waals surface area contributed by atoms with Crippen molar-refractivity contribution < 1.29 is 22.0 Å². The Morgan fingerprint density at radius 1 is 1.04 bits per heavy atom. The molecule has 0 aromatic heterocycles. The van der Waals surface area contributed by atoms with Gasteiger partial charge in [0.2, 0.25) is 0 Å². The molecule has 0 atom stereocenters. The highest BCUT2D eigenvalue weighted by Gasteiger charge is 2.35. The maximum absolute atomic E-state index is 13.6. The average Bonchev–Trinajstić information content (AvgIpc) is 2.56. The maximum atomic E-state index is 13.6. The molecule has 0 amide bonds. The van der Waals surface area contributed by atoms with Crippen molar-refractivity contribution in [1.29, 1.82) is 0 Å². The van der Waals surface area contributed by atoms with Crippen LogP contribution in [0.3, 0.4) is 0 Å². The number of halogens is 5. The van der Waals surface area contributed by atoms with Crippen molar-refractivity contribution in [2.45, 2.75) is 11.9 Å². The molecule has 2 aromatic rings. The molecule has 0 aliphatic rings. The van der Waals surface area contributed by atoms with Crippen LogP contribution in [0, 0.1) is 11.6 Å². The fraction of sp³-hybridized carbons (Fsp3) is 0.125. The summed E-state index contributed by atoms with van der Waals surface area (Å²) in [4.78, 5) is 0. The molecule has 0 saturated carbocycles. The minimum Gasteiger partial charge on any atom is -0.377 e. The lowest BCUT2D eigenvalue weighted by Gasteiger charge is -2.09. The summed E-state index contributed by atoms with van der Waals surface area (Å²) in [5.74, 6) is -3.09. The lowest BCUT2D eigenvalue weighted by Crippen LogP contribution is -2.11. The van der Waals surface area contributed by atoms with Crippen molar-refractivity contribution >= 4 is 23.1 Å². The summed E-state index contributed by atoms with van der Waals surface area (Å²) in [6.07, 6.45) is -4.17. The molecule has 0 bridgehead atoms. The molecule has 0 heterocycles. The molecule has 0 radical (unpaired) electrons. The molecule has 132 valence electrons. The number of hydrogen-bond acceptors (Lipinski definition) is 3. The Balaban J connectivity index is 2.05. The van der Waals surface area contributed by atoms with Gasteiger partial charge in [-0.2, -0.15) is 18.3 Å². The predicted molar refractivity (Wildman–Crippen MR) is 88.3 cm³/mol. The van der Waals surface area contributed by atoms with Crippen LogP contribution in [0.15, 0.2) is 52.7 Å². The number of thioether (sulfide) groups is 1. The van der Waals surface area contributed by atoms with Crippen LogP contribution in [0.5, 0.6) is 0 Å². The van der Waals surface area contributed by atoms with E-state index in [1.807, 2.05) is 30.3 Å². The van der Waals surface area contributed by atoms with Crippen molar-refractivity contribution in [3.8, 4) is 0 Å². The van der Waals surface area contributed by atoms with Gasteiger partial charge in [0.15, 0.2) is 16.8 Å². The summed E-state index contributed by atoms with van der Waals surface area (Å²) >= 11 is 1.18. The molecule has 2 aromatic carbocycles. The first-order chi connectivity index (χ1) is 11.8. The van der Waals surface area contributed by atoms with Crippen LogP contribution >= 0.6 is 11.8 Å². The SMILES string of the molecule is NC(=NN=Cc1ccc(C(F)(F)F)c(F)c1F)SCc1ccccc1. The monoisotopic (exact) mass is 373 g/mol. The Morgan fingerprint density at radius 2 is 1.72 bits per heavy atom. The Labute approximate surface area is 144 Å². The molecule has 0 aliphatic heterocycles. The predicted octanol–water partition coefficient (Wildman–Crippen LogP) is 4.57. The Hall–Kier alpha value is -2.42. The second kappa shape index (κ2) is 8.11. The van der Waals surface area contributed by atoms with Crippen LogP contribution in [0.2, 0.25) is 0 Å². The first-order valence-corrected chi connectivity index (χ1v) is 7.86. The summed E-state index contributed by atoms with van der Waals surface area (Å²) in [6.45, 7) is 0. The van der Waals surface area contributed by atoms with Gasteiger partial charge in [0.05, 0.1) is 11.8 Å². The largest absolute Gasteiger partial charge is 0.419 e. The molecule has 0 aliphatic carbocycles. The highest BCUT2D eigenvalue weighted by Crippen LogP contribution is 2.32. The zero-order valence-electron chi connectivity index (χ0n) is 12.6. The Bertz CT molecular complexity index is 788. The van der Waals surface area contributed by atoms with Gasteiger partial charge >= 0.3 is 6.18 Å². The van der Waals surface area contributed by atoms with Crippen LogP contribution in [0.1, 0.15) is 16.7 Å². The number of alkyl halides is 3. The van der Waals surface area contributed by atoms with E-state index in [1.54, 1.807) is 0 Å². The molecular weight excluding hydrogens is 361 g/mol. The van der Waals surface area contributed by atoms with Gasteiger partial charge in [0.1, 0.15) is 0 Å². The third-order valence-electron chi connectivity index (χ3n) is 3.00. The Kier molecular flexibility index (Phi) is 6.13. The number of rotatable bonds is 4. The second-order valence-electron chi connectivity index (χ2n) is 4.79. The van der Waals surface area contributed by atoms with E-state index in [2.05, 4.69) is 10.2 Å². The number of benzene rings is 2. The molecule has 25 heavy (non-hydrogen) atoms. The number of hydrogen-bond donors (Lipinski definition) is 1. The molecular formula is C16H12F5N3S. The molecule has 0 saturated heterocycles. The first kappa shape index (κ1) is 18.9. The van der Waals surface area contributed by atoms with Crippen molar-refractivity contribution in [3.05, 3.63) is 70.8 Å². The number of nitrogens with zero attached hydrogens (tertiary/aromatic N) is 2. The van der Waals surface area contributed by atoms with Gasteiger partial charge in [0, 0.05) is 11.3 Å². The molecule has 0 fully saturated rings. The van der Waals surface area contributed by atoms with Crippen LogP contribution in [0.4, 0.5) is 22.0 Å². The van der Waals surface area contributed by atoms with E-state index in [9.17, 15) is 22.0 Å². The van der Waals surface area contributed by atoms with Crippen molar-refractivity contribution in [1.82, 2.24) is 0 Å².